The monoisotopic (exact) mass is 365 g/mol. The zero-order valence-corrected chi connectivity index (χ0v) is 14.5. The zero-order valence-electron chi connectivity index (χ0n) is 13.6. The first-order chi connectivity index (χ1) is 11.5. The molecule has 0 spiro atoms. The van der Waals surface area contributed by atoms with Crippen molar-refractivity contribution in [1.82, 2.24) is 0 Å². The molecule has 0 radical (unpaired) electrons. The van der Waals surface area contributed by atoms with E-state index in [1.165, 1.54) is 26.0 Å². The minimum atomic E-state index is -4.08. The van der Waals surface area contributed by atoms with Crippen LogP contribution in [-0.2, 0) is 10.0 Å². The van der Waals surface area contributed by atoms with Crippen LogP contribution in [-0.4, -0.2) is 18.3 Å². The van der Waals surface area contributed by atoms with Crippen LogP contribution in [0, 0.1) is 41.0 Å². The van der Waals surface area contributed by atoms with Crippen LogP contribution in [0.1, 0.15) is 16.7 Å². The Bertz CT molecular complexity index is 968. The Balaban J connectivity index is 2.63. The lowest BCUT2D eigenvalue weighted by molar-refractivity contribution is -0.394. The van der Waals surface area contributed by atoms with E-state index >= 15 is 0 Å². The summed E-state index contributed by atoms with van der Waals surface area (Å²) in [5.74, 6) is 0. The quantitative estimate of drug-likeness (QED) is 0.639. The van der Waals surface area contributed by atoms with E-state index in [0.717, 1.165) is 11.6 Å². The SMILES string of the molecule is Cc1ccc(S(=O)(=O)Nc2c(C)cc([N+](=O)[O-])c(C)c2[N+](=O)[O-])cc1. The topological polar surface area (TPSA) is 132 Å². The molecular weight excluding hydrogens is 350 g/mol. The summed E-state index contributed by atoms with van der Waals surface area (Å²) in [7, 11) is -4.08. The molecule has 9 nitrogen and oxygen atoms in total. The highest BCUT2D eigenvalue weighted by atomic mass is 32.2. The molecular formula is C15H15N3O6S. The van der Waals surface area contributed by atoms with Crippen LogP contribution in [0.2, 0.25) is 0 Å². The van der Waals surface area contributed by atoms with Gasteiger partial charge in [-0.25, -0.2) is 8.42 Å². The molecule has 10 heteroatoms. The van der Waals surface area contributed by atoms with Crippen molar-refractivity contribution >= 4 is 27.1 Å². The molecule has 0 aliphatic heterocycles. The average molecular weight is 365 g/mol. The molecule has 0 aliphatic carbocycles. The van der Waals surface area contributed by atoms with Crippen molar-refractivity contribution in [3.63, 3.8) is 0 Å². The fourth-order valence-electron chi connectivity index (χ4n) is 2.34. The summed E-state index contributed by atoms with van der Waals surface area (Å²) in [6.07, 6.45) is 0. The number of nitro benzene ring substituents is 2. The Kier molecular flexibility index (Phi) is 4.75. The van der Waals surface area contributed by atoms with Gasteiger partial charge in [0.1, 0.15) is 11.3 Å². The van der Waals surface area contributed by atoms with Crippen molar-refractivity contribution in [3.8, 4) is 0 Å². The smallest absolute Gasteiger partial charge is 0.273 e. The average Bonchev–Trinajstić information content (AvgIpc) is 2.50. The Labute approximate surface area is 143 Å². The van der Waals surface area contributed by atoms with Crippen LogP contribution >= 0.6 is 0 Å². The van der Waals surface area contributed by atoms with E-state index in [-0.39, 0.29) is 21.7 Å². The van der Waals surface area contributed by atoms with Crippen LogP contribution in [0.25, 0.3) is 0 Å². The molecule has 2 rings (SSSR count). The number of benzene rings is 2. The van der Waals surface area contributed by atoms with Gasteiger partial charge in [0.2, 0.25) is 0 Å². The molecule has 2 aromatic carbocycles. The molecule has 1 N–H and O–H groups in total. The molecule has 0 atom stereocenters. The molecule has 0 bridgehead atoms. The van der Waals surface area contributed by atoms with Crippen LogP contribution in [0.15, 0.2) is 35.2 Å². The van der Waals surface area contributed by atoms with Crippen molar-refractivity contribution in [2.75, 3.05) is 4.72 Å². The van der Waals surface area contributed by atoms with E-state index in [4.69, 9.17) is 0 Å². The van der Waals surface area contributed by atoms with Crippen molar-refractivity contribution in [2.45, 2.75) is 25.7 Å². The van der Waals surface area contributed by atoms with Gasteiger partial charge < -0.3 is 0 Å². The predicted molar refractivity (Wildman–Crippen MR) is 91.2 cm³/mol. The van der Waals surface area contributed by atoms with Crippen LogP contribution in [0.3, 0.4) is 0 Å². The lowest BCUT2D eigenvalue weighted by Gasteiger charge is -2.13. The fraction of sp³-hybridized carbons (Fsp3) is 0.200. The molecule has 25 heavy (non-hydrogen) atoms. The minimum absolute atomic E-state index is 0.0668. The highest BCUT2D eigenvalue weighted by molar-refractivity contribution is 7.92. The number of nitrogens with one attached hydrogen (secondary N) is 1. The molecule has 0 amide bonds. The van der Waals surface area contributed by atoms with Crippen LogP contribution < -0.4 is 4.72 Å². The highest BCUT2D eigenvalue weighted by Crippen LogP contribution is 2.38. The normalized spacial score (nSPS) is 11.2. The van der Waals surface area contributed by atoms with Crippen molar-refractivity contribution in [3.05, 3.63) is 67.3 Å². The number of anilines is 1. The molecule has 0 fully saturated rings. The molecule has 0 heterocycles. The van der Waals surface area contributed by atoms with Gasteiger partial charge in [0.25, 0.3) is 15.7 Å². The first-order valence-corrected chi connectivity index (χ1v) is 8.55. The van der Waals surface area contributed by atoms with Gasteiger partial charge in [-0.15, -0.1) is 0 Å². The number of aryl methyl sites for hydroxylation is 2. The van der Waals surface area contributed by atoms with Crippen molar-refractivity contribution < 1.29 is 18.3 Å². The fourth-order valence-corrected chi connectivity index (χ4v) is 3.48. The second kappa shape index (κ2) is 6.48. The van der Waals surface area contributed by atoms with E-state index in [1.54, 1.807) is 19.1 Å². The largest absolute Gasteiger partial charge is 0.303 e. The Morgan fingerprint density at radius 1 is 0.960 bits per heavy atom. The number of hydrogen-bond acceptors (Lipinski definition) is 6. The first kappa shape index (κ1) is 18.3. The van der Waals surface area contributed by atoms with Gasteiger partial charge in [-0.05, 0) is 38.5 Å². The van der Waals surface area contributed by atoms with E-state index in [0.29, 0.717) is 0 Å². The molecule has 0 saturated carbocycles. The van der Waals surface area contributed by atoms with Gasteiger partial charge in [0, 0.05) is 6.07 Å². The minimum Gasteiger partial charge on any atom is -0.273 e. The molecule has 0 aliphatic rings. The second-order valence-electron chi connectivity index (χ2n) is 5.49. The van der Waals surface area contributed by atoms with Crippen molar-refractivity contribution in [1.29, 1.82) is 0 Å². The van der Waals surface area contributed by atoms with Gasteiger partial charge in [0.05, 0.1) is 14.7 Å². The highest BCUT2D eigenvalue weighted by Gasteiger charge is 2.30. The number of nitro groups is 2. The van der Waals surface area contributed by atoms with Gasteiger partial charge in [-0.1, -0.05) is 17.7 Å². The van der Waals surface area contributed by atoms with Gasteiger partial charge in [0.15, 0.2) is 0 Å². The third-order valence-corrected chi connectivity index (χ3v) is 5.04. The summed E-state index contributed by atoms with van der Waals surface area (Å²) in [6.45, 7) is 4.37. The predicted octanol–water partition coefficient (Wildman–Crippen LogP) is 3.23. The van der Waals surface area contributed by atoms with E-state index in [9.17, 15) is 28.6 Å². The van der Waals surface area contributed by atoms with Gasteiger partial charge in [-0.3, -0.25) is 25.0 Å². The lowest BCUT2D eigenvalue weighted by Crippen LogP contribution is -2.16. The molecule has 0 saturated heterocycles. The maximum Gasteiger partial charge on any atom is 0.303 e. The summed E-state index contributed by atoms with van der Waals surface area (Å²) < 4.78 is 27.2. The van der Waals surface area contributed by atoms with Crippen LogP contribution in [0.5, 0.6) is 0 Å². The standard InChI is InChI=1S/C15H15N3O6S/c1-9-4-6-12(7-5-9)25(23,24)16-14-10(2)8-13(17(19)20)11(3)15(14)18(21)22/h4-8,16H,1-3H3. The van der Waals surface area contributed by atoms with E-state index in [2.05, 4.69) is 4.72 Å². The summed E-state index contributed by atoms with van der Waals surface area (Å²) >= 11 is 0. The number of nitrogens with zero attached hydrogens (tertiary/aromatic N) is 2. The van der Waals surface area contributed by atoms with Gasteiger partial charge in [-0.2, -0.15) is 0 Å². The molecule has 0 aromatic heterocycles. The second-order valence-corrected chi connectivity index (χ2v) is 7.18. The summed E-state index contributed by atoms with van der Waals surface area (Å²) in [5.41, 5.74) is -0.646. The zero-order chi connectivity index (χ0) is 18.9. The number of sulfonamides is 1. The summed E-state index contributed by atoms with van der Waals surface area (Å²) in [6, 6.07) is 7.04. The number of rotatable bonds is 5. The van der Waals surface area contributed by atoms with E-state index in [1.807, 2.05) is 0 Å². The molecule has 2 aromatic rings. The third kappa shape index (κ3) is 3.58. The molecule has 0 unspecified atom stereocenters. The maximum absolute atomic E-state index is 12.5. The van der Waals surface area contributed by atoms with Gasteiger partial charge >= 0.3 is 5.69 Å². The maximum atomic E-state index is 12.5. The third-order valence-electron chi connectivity index (χ3n) is 3.67. The van der Waals surface area contributed by atoms with Crippen LogP contribution in [0.4, 0.5) is 17.1 Å². The summed E-state index contributed by atoms with van der Waals surface area (Å²) in [4.78, 5) is 20.8. The molecule has 132 valence electrons. The summed E-state index contributed by atoms with van der Waals surface area (Å²) in [5, 5.41) is 22.4. The lowest BCUT2D eigenvalue weighted by atomic mass is 10.1. The van der Waals surface area contributed by atoms with E-state index < -0.39 is 31.2 Å². The first-order valence-electron chi connectivity index (χ1n) is 7.07. The van der Waals surface area contributed by atoms with Crippen molar-refractivity contribution in [2.24, 2.45) is 0 Å². The Hall–Kier alpha value is -3.01. The Morgan fingerprint density at radius 2 is 1.52 bits per heavy atom. The number of hydrogen-bond donors (Lipinski definition) is 1. The Morgan fingerprint density at radius 3 is 2.00 bits per heavy atom.